The molecule has 1 aromatic heterocycles. The molecule has 0 saturated carbocycles. The van der Waals surface area contributed by atoms with Gasteiger partial charge in [0, 0.05) is 16.0 Å². The summed E-state index contributed by atoms with van der Waals surface area (Å²) < 4.78 is 12.2. The average molecular weight is 300 g/mol. The van der Waals surface area contributed by atoms with Crippen LogP contribution < -0.4 is 0 Å². The summed E-state index contributed by atoms with van der Waals surface area (Å²) in [4.78, 5) is 13.4. The molecule has 3 heterocycles. The van der Waals surface area contributed by atoms with E-state index in [-0.39, 0.29) is 18.2 Å². The summed E-state index contributed by atoms with van der Waals surface area (Å²) >= 11 is 1.75. The molecule has 21 heavy (non-hydrogen) atoms. The molecule has 0 aliphatic carbocycles. The number of esters is 1. The van der Waals surface area contributed by atoms with Gasteiger partial charge in [-0.05, 0) is 35.9 Å². The minimum absolute atomic E-state index is 0.0867. The SMILES string of the molecule is COC(=O)C1=C(c2cc3ccccc3s2)C[C@@H]2CC[C@H]1O2. The molecular weight excluding hydrogens is 284 g/mol. The molecule has 2 aliphatic heterocycles. The predicted octanol–water partition coefficient (Wildman–Crippen LogP) is 3.78. The number of hydrogen-bond acceptors (Lipinski definition) is 4. The van der Waals surface area contributed by atoms with Crippen molar-refractivity contribution in [1.82, 2.24) is 0 Å². The predicted molar refractivity (Wildman–Crippen MR) is 83.3 cm³/mol. The third kappa shape index (κ3) is 2.10. The fourth-order valence-corrected chi connectivity index (χ4v) is 4.46. The van der Waals surface area contributed by atoms with E-state index in [2.05, 4.69) is 18.2 Å². The zero-order valence-corrected chi connectivity index (χ0v) is 12.6. The van der Waals surface area contributed by atoms with Crippen LogP contribution in [-0.4, -0.2) is 25.3 Å². The van der Waals surface area contributed by atoms with Gasteiger partial charge < -0.3 is 9.47 Å². The normalized spacial score (nSPS) is 24.6. The summed E-state index contributed by atoms with van der Waals surface area (Å²) in [7, 11) is 1.44. The minimum atomic E-state index is -0.243. The zero-order chi connectivity index (χ0) is 14.4. The monoisotopic (exact) mass is 300 g/mol. The Morgan fingerprint density at radius 3 is 3.00 bits per heavy atom. The van der Waals surface area contributed by atoms with Crippen LogP contribution in [0.25, 0.3) is 15.7 Å². The number of rotatable bonds is 2. The first-order valence-electron chi connectivity index (χ1n) is 7.22. The van der Waals surface area contributed by atoms with Gasteiger partial charge in [0.05, 0.1) is 24.9 Å². The van der Waals surface area contributed by atoms with Crippen LogP contribution in [0, 0.1) is 0 Å². The third-order valence-corrected chi connectivity index (χ3v) is 5.49. The lowest BCUT2D eigenvalue weighted by molar-refractivity contribution is -0.137. The number of methoxy groups -OCH3 is 1. The largest absolute Gasteiger partial charge is 0.466 e. The molecule has 4 rings (SSSR count). The van der Waals surface area contributed by atoms with Crippen LogP contribution in [-0.2, 0) is 14.3 Å². The highest BCUT2D eigenvalue weighted by Gasteiger charge is 2.39. The van der Waals surface area contributed by atoms with Crippen molar-refractivity contribution in [1.29, 1.82) is 0 Å². The molecule has 2 bridgehead atoms. The van der Waals surface area contributed by atoms with Gasteiger partial charge in [-0.15, -0.1) is 11.3 Å². The van der Waals surface area contributed by atoms with Crippen molar-refractivity contribution < 1.29 is 14.3 Å². The van der Waals surface area contributed by atoms with E-state index < -0.39 is 0 Å². The lowest BCUT2D eigenvalue weighted by Crippen LogP contribution is -2.26. The Bertz CT molecular complexity index is 710. The summed E-state index contributed by atoms with van der Waals surface area (Å²) in [6.07, 6.45) is 2.93. The van der Waals surface area contributed by atoms with E-state index in [4.69, 9.17) is 9.47 Å². The Morgan fingerprint density at radius 2 is 2.19 bits per heavy atom. The first-order valence-corrected chi connectivity index (χ1v) is 8.03. The van der Waals surface area contributed by atoms with Crippen LogP contribution in [0.15, 0.2) is 35.9 Å². The maximum atomic E-state index is 12.2. The van der Waals surface area contributed by atoms with Crippen molar-refractivity contribution in [3.63, 3.8) is 0 Å². The number of hydrogen-bond donors (Lipinski definition) is 0. The Kier molecular flexibility index (Phi) is 3.08. The summed E-state index contributed by atoms with van der Waals surface area (Å²) in [5.41, 5.74) is 1.86. The average Bonchev–Trinajstić information content (AvgIpc) is 3.10. The Balaban J connectivity index is 1.87. The number of fused-ring (bicyclic) bond motifs is 3. The number of ether oxygens (including phenoxy) is 2. The van der Waals surface area contributed by atoms with Gasteiger partial charge in [-0.3, -0.25) is 0 Å². The third-order valence-electron chi connectivity index (χ3n) is 4.31. The maximum Gasteiger partial charge on any atom is 0.336 e. The van der Waals surface area contributed by atoms with E-state index in [1.807, 2.05) is 12.1 Å². The second kappa shape index (κ2) is 4.97. The molecule has 0 N–H and O–H groups in total. The molecule has 2 aliphatic rings. The highest BCUT2D eigenvalue weighted by Crippen LogP contribution is 2.44. The quantitative estimate of drug-likeness (QED) is 0.792. The first kappa shape index (κ1) is 13.0. The molecule has 108 valence electrons. The summed E-state index contributed by atoms with van der Waals surface area (Å²) in [5.74, 6) is -0.243. The van der Waals surface area contributed by atoms with Crippen molar-refractivity contribution in [3.8, 4) is 0 Å². The van der Waals surface area contributed by atoms with E-state index in [9.17, 15) is 4.79 Å². The van der Waals surface area contributed by atoms with Crippen LogP contribution in [0.5, 0.6) is 0 Å². The van der Waals surface area contributed by atoms with Crippen molar-refractivity contribution >= 4 is 33.0 Å². The van der Waals surface area contributed by atoms with Gasteiger partial charge in [-0.1, -0.05) is 18.2 Å². The first-order chi connectivity index (χ1) is 10.3. The molecule has 2 atom stereocenters. The fourth-order valence-electron chi connectivity index (χ4n) is 3.33. The lowest BCUT2D eigenvalue weighted by Gasteiger charge is -2.25. The maximum absolute atomic E-state index is 12.2. The highest BCUT2D eigenvalue weighted by atomic mass is 32.1. The molecule has 3 nitrogen and oxygen atoms in total. The molecule has 4 heteroatoms. The van der Waals surface area contributed by atoms with Crippen LogP contribution in [0.1, 0.15) is 24.1 Å². The van der Waals surface area contributed by atoms with Crippen LogP contribution >= 0.6 is 11.3 Å². The van der Waals surface area contributed by atoms with Gasteiger partial charge in [-0.2, -0.15) is 0 Å². The topological polar surface area (TPSA) is 35.5 Å². The van der Waals surface area contributed by atoms with Crippen molar-refractivity contribution in [2.75, 3.05) is 7.11 Å². The molecule has 1 saturated heterocycles. The van der Waals surface area contributed by atoms with Gasteiger partial charge >= 0.3 is 5.97 Å². The van der Waals surface area contributed by atoms with E-state index in [0.717, 1.165) is 30.4 Å². The van der Waals surface area contributed by atoms with E-state index >= 15 is 0 Å². The zero-order valence-electron chi connectivity index (χ0n) is 11.8. The molecule has 2 aromatic rings. The number of carbonyl (C=O) groups is 1. The summed E-state index contributed by atoms with van der Waals surface area (Å²) in [6, 6.07) is 10.5. The fraction of sp³-hybridized carbons (Fsp3) is 0.353. The van der Waals surface area contributed by atoms with Crippen LogP contribution in [0.2, 0.25) is 0 Å². The summed E-state index contributed by atoms with van der Waals surface area (Å²) in [5, 5.41) is 1.23. The van der Waals surface area contributed by atoms with E-state index in [0.29, 0.717) is 0 Å². The van der Waals surface area contributed by atoms with Crippen LogP contribution in [0.4, 0.5) is 0 Å². The lowest BCUT2D eigenvalue weighted by atomic mass is 9.97. The highest BCUT2D eigenvalue weighted by molar-refractivity contribution is 7.20. The van der Waals surface area contributed by atoms with Crippen LogP contribution in [0.3, 0.4) is 0 Å². The van der Waals surface area contributed by atoms with Crippen molar-refractivity contribution in [2.24, 2.45) is 0 Å². The second-order valence-corrected chi connectivity index (χ2v) is 6.64. The summed E-state index contributed by atoms with van der Waals surface area (Å²) in [6.45, 7) is 0. The molecular formula is C17H16O3S. The van der Waals surface area contributed by atoms with Crippen molar-refractivity contribution in [2.45, 2.75) is 31.5 Å². The molecule has 1 aromatic carbocycles. The standard InChI is InChI=1S/C17H16O3S/c1-19-17(18)16-12(9-11-6-7-13(16)20-11)15-8-10-4-2-3-5-14(10)21-15/h2-5,8,11,13H,6-7,9H2,1H3/t11-,13+/m0/s1. The number of carbonyl (C=O) groups excluding carboxylic acids is 1. The minimum Gasteiger partial charge on any atom is -0.466 e. The Labute approximate surface area is 127 Å². The van der Waals surface area contributed by atoms with E-state index in [1.165, 1.54) is 22.1 Å². The smallest absolute Gasteiger partial charge is 0.336 e. The van der Waals surface area contributed by atoms with Crippen molar-refractivity contribution in [3.05, 3.63) is 40.8 Å². The molecule has 0 unspecified atom stereocenters. The van der Waals surface area contributed by atoms with Gasteiger partial charge in [-0.25, -0.2) is 4.79 Å². The molecule has 0 radical (unpaired) electrons. The molecule has 1 fully saturated rings. The number of thiophene rings is 1. The van der Waals surface area contributed by atoms with Gasteiger partial charge in [0.2, 0.25) is 0 Å². The van der Waals surface area contributed by atoms with Gasteiger partial charge in [0.1, 0.15) is 0 Å². The van der Waals surface area contributed by atoms with Gasteiger partial charge in [0.15, 0.2) is 0 Å². The number of benzene rings is 1. The van der Waals surface area contributed by atoms with Gasteiger partial charge in [0.25, 0.3) is 0 Å². The Hall–Kier alpha value is -1.65. The molecule has 0 spiro atoms. The second-order valence-electron chi connectivity index (χ2n) is 5.56. The Morgan fingerprint density at radius 1 is 1.33 bits per heavy atom. The van der Waals surface area contributed by atoms with E-state index in [1.54, 1.807) is 11.3 Å². The molecule has 0 amide bonds.